The van der Waals surface area contributed by atoms with E-state index in [1.165, 1.54) is 5.56 Å². The molecule has 0 spiro atoms. The molecule has 7 heteroatoms. The van der Waals surface area contributed by atoms with E-state index in [9.17, 15) is 9.59 Å². The fourth-order valence-electron chi connectivity index (χ4n) is 4.99. The summed E-state index contributed by atoms with van der Waals surface area (Å²) in [5.41, 5.74) is 3.04. The molecular formula is C32H37BrN2O4. The van der Waals surface area contributed by atoms with Crippen LogP contribution in [0.4, 0.5) is 0 Å². The molecule has 1 saturated carbocycles. The van der Waals surface area contributed by atoms with Crippen LogP contribution in [0, 0.1) is 0 Å². The van der Waals surface area contributed by atoms with E-state index >= 15 is 0 Å². The van der Waals surface area contributed by atoms with Crippen LogP contribution in [0.15, 0.2) is 77.3 Å². The number of amides is 2. The van der Waals surface area contributed by atoms with Crippen LogP contribution in [0.1, 0.15) is 49.3 Å². The van der Waals surface area contributed by atoms with Gasteiger partial charge in [-0.3, -0.25) is 9.59 Å². The summed E-state index contributed by atoms with van der Waals surface area (Å²) in [6.45, 7) is 2.16. The van der Waals surface area contributed by atoms with Gasteiger partial charge in [-0.15, -0.1) is 0 Å². The van der Waals surface area contributed by atoms with Gasteiger partial charge in [0.25, 0.3) is 5.91 Å². The minimum absolute atomic E-state index is 0.129. The first-order valence-corrected chi connectivity index (χ1v) is 14.4. The molecule has 1 atom stereocenters. The molecule has 0 heterocycles. The van der Waals surface area contributed by atoms with Gasteiger partial charge in [0, 0.05) is 19.0 Å². The Bertz CT molecular complexity index is 1240. The van der Waals surface area contributed by atoms with E-state index in [2.05, 4.69) is 28.2 Å². The number of carbonyl (C=O) groups is 2. The second kappa shape index (κ2) is 14.2. The smallest absolute Gasteiger partial charge is 0.261 e. The minimum atomic E-state index is -0.693. The van der Waals surface area contributed by atoms with E-state index in [0.29, 0.717) is 17.9 Å². The molecule has 0 aromatic heterocycles. The molecule has 1 aliphatic rings. The van der Waals surface area contributed by atoms with E-state index < -0.39 is 6.04 Å². The highest BCUT2D eigenvalue weighted by atomic mass is 79.9. The SMILES string of the molecule is CCc1ccc(OCC(=O)N(Cc2cccc(OC)c2)C(Cc2ccccc2)C(=O)NC2CCCC2)c(Br)c1. The van der Waals surface area contributed by atoms with Crippen LogP contribution in [0.2, 0.25) is 0 Å². The summed E-state index contributed by atoms with van der Waals surface area (Å²) in [5, 5.41) is 3.23. The largest absolute Gasteiger partial charge is 0.497 e. The van der Waals surface area contributed by atoms with Crippen LogP contribution in [-0.2, 0) is 29.0 Å². The Morgan fingerprint density at radius 1 is 0.974 bits per heavy atom. The predicted octanol–water partition coefficient (Wildman–Crippen LogP) is 6.10. The normalized spacial score (nSPS) is 14.0. The van der Waals surface area contributed by atoms with Gasteiger partial charge in [0.15, 0.2) is 6.61 Å². The summed E-state index contributed by atoms with van der Waals surface area (Å²) in [5.74, 6) is 0.908. The molecule has 0 aliphatic heterocycles. The lowest BCUT2D eigenvalue weighted by Gasteiger charge is -2.32. The fourth-order valence-corrected chi connectivity index (χ4v) is 5.53. The number of ether oxygens (including phenoxy) is 2. The van der Waals surface area contributed by atoms with Crippen molar-refractivity contribution in [1.82, 2.24) is 10.2 Å². The van der Waals surface area contributed by atoms with Gasteiger partial charge in [0.05, 0.1) is 11.6 Å². The predicted molar refractivity (Wildman–Crippen MR) is 157 cm³/mol. The Balaban J connectivity index is 1.62. The van der Waals surface area contributed by atoms with Crippen molar-refractivity contribution in [2.45, 2.75) is 64.1 Å². The highest BCUT2D eigenvalue weighted by Crippen LogP contribution is 2.27. The average Bonchev–Trinajstić information content (AvgIpc) is 3.47. The molecule has 3 aromatic carbocycles. The third-order valence-electron chi connectivity index (χ3n) is 7.22. The van der Waals surface area contributed by atoms with Crippen molar-refractivity contribution < 1.29 is 19.1 Å². The third kappa shape index (κ3) is 8.09. The summed E-state index contributed by atoms with van der Waals surface area (Å²) >= 11 is 3.56. The molecule has 1 unspecified atom stereocenters. The number of rotatable bonds is 12. The summed E-state index contributed by atoms with van der Waals surface area (Å²) in [6.07, 6.45) is 5.48. The Morgan fingerprint density at radius 2 is 1.72 bits per heavy atom. The van der Waals surface area contributed by atoms with Crippen LogP contribution in [0.25, 0.3) is 0 Å². The molecule has 3 aromatic rings. The van der Waals surface area contributed by atoms with Crippen LogP contribution >= 0.6 is 15.9 Å². The standard InChI is InChI=1S/C32H37BrN2O4/c1-3-23-16-17-30(28(33)19-23)39-22-31(36)35(21-25-12-9-15-27(18-25)38-2)29(20-24-10-5-4-6-11-24)32(37)34-26-13-7-8-14-26/h4-6,9-12,15-19,26,29H,3,7-8,13-14,20-22H2,1-2H3,(H,34,37). The van der Waals surface area contributed by atoms with E-state index in [4.69, 9.17) is 9.47 Å². The van der Waals surface area contributed by atoms with Crippen molar-refractivity contribution in [2.24, 2.45) is 0 Å². The van der Waals surface area contributed by atoms with Gasteiger partial charge in [0.1, 0.15) is 17.5 Å². The van der Waals surface area contributed by atoms with Crippen LogP contribution in [-0.4, -0.2) is 42.5 Å². The van der Waals surface area contributed by atoms with E-state index in [0.717, 1.165) is 47.7 Å². The van der Waals surface area contributed by atoms with Crippen molar-refractivity contribution >= 4 is 27.7 Å². The summed E-state index contributed by atoms with van der Waals surface area (Å²) < 4.78 is 12.2. The number of hydrogen-bond acceptors (Lipinski definition) is 4. The third-order valence-corrected chi connectivity index (χ3v) is 7.84. The lowest BCUT2D eigenvalue weighted by atomic mass is 10.0. The Hall–Kier alpha value is -3.32. The molecule has 4 rings (SSSR count). The Kier molecular flexibility index (Phi) is 10.4. The number of benzene rings is 3. The minimum Gasteiger partial charge on any atom is -0.497 e. The molecule has 39 heavy (non-hydrogen) atoms. The molecule has 1 aliphatic carbocycles. The zero-order valence-corrected chi connectivity index (χ0v) is 24.3. The summed E-state index contributed by atoms with van der Waals surface area (Å²) in [4.78, 5) is 29.3. The molecule has 2 amide bonds. The van der Waals surface area contributed by atoms with E-state index in [-0.39, 0.29) is 31.0 Å². The molecule has 1 fully saturated rings. The van der Waals surface area contributed by atoms with Gasteiger partial charge >= 0.3 is 0 Å². The van der Waals surface area contributed by atoms with Gasteiger partial charge in [-0.1, -0.05) is 68.3 Å². The number of hydrogen-bond donors (Lipinski definition) is 1. The van der Waals surface area contributed by atoms with Crippen molar-refractivity contribution in [3.05, 3.63) is 94.0 Å². The maximum Gasteiger partial charge on any atom is 0.261 e. The summed E-state index contributed by atoms with van der Waals surface area (Å²) in [6, 6.07) is 22.8. The summed E-state index contributed by atoms with van der Waals surface area (Å²) in [7, 11) is 1.62. The molecule has 0 saturated heterocycles. The Labute approximate surface area is 239 Å². The first-order valence-electron chi connectivity index (χ1n) is 13.6. The fraction of sp³-hybridized carbons (Fsp3) is 0.375. The van der Waals surface area contributed by atoms with Gasteiger partial charge in [-0.05, 0) is 76.1 Å². The van der Waals surface area contributed by atoms with Gasteiger partial charge in [0.2, 0.25) is 5.91 Å². The molecule has 206 valence electrons. The van der Waals surface area contributed by atoms with Crippen molar-refractivity contribution in [2.75, 3.05) is 13.7 Å². The molecule has 1 N–H and O–H groups in total. The van der Waals surface area contributed by atoms with E-state index in [1.54, 1.807) is 12.0 Å². The number of nitrogens with one attached hydrogen (secondary N) is 1. The van der Waals surface area contributed by atoms with Gasteiger partial charge in [-0.25, -0.2) is 0 Å². The topological polar surface area (TPSA) is 67.9 Å². The molecular weight excluding hydrogens is 556 g/mol. The lowest BCUT2D eigenvalue weighted by Crippen LogP contribution is -2.53. The number of aryl methyl sites for hydroxylation is 1. The number of carbonyl (C=O) groups excluding carboxylic acids is 2. The van der Waals surface area contributed by atoms with E-state index in [1.807, 2.05) is 72.8 Å². The van der Waals surface area contributed by atoms with Crippen LogP contribution in [0.5, 0.6) is 11.5 Å². The zero-order chi connectivity index (χ0) is 27.6. The first-order chi connectivity index (χ1) is 19.0. The van der Waals surface area contributed by atoms with Gasteiger partial charge < -0.3 is 19.7 Å². The second-order valence-corrected chi connectivity index (χ2v) is 10.8. The molecule has 6 nitrogen and oxygen atoms in total. The van der Waals surface area contributed by atoms with Gasteiger partial charge in [-0.2, -0.15) is 0 Å². The Morgan fingerprint density at radius 3 is 2.41 bits per heavy atom. The number of halogens is 1. The maximum absolute atomic E-state index is 13.9. The molecule has 0 bridgehead atoms. The van der Waals surface area contributed by atoms with Crippen LogP contribution in [0.3, 0.4) is 0 Å². The lowest BCUT2D eigenvalue weighted by molar-refractivity contribution is -0.143. The second-order valence-electron chi connectivity index (χ2n) is 9.98. The highest BCUT2D eigenvalue weighted by Gasteiger charge is 2.32. The maximum atomic E-state index is 13.9. The number of methoxy groups -OCH3 is 1. The van der Waals surface area contributed by atoms with Crippen molar-refractivity contribution in [3.8, 4) is 11.5 Å². The molecule has 0 radical (unpaired) electrons. The zero-order valence-electron chi connectivity index (χ0n) is 22.7. The van der Waals surface area contributed by atoms with Crippen LogP contribution < -0.4 is 14.8 Å². The monoisotopic (exact) mass is 592 g/mol. The first kappa shape index (κ1) is 28.7. The quantitative estimate of drug-likeness (QED) is 0.276. The van der Waals surface area contributed by atoms with Crippen molar-refractivity contribution in [1.29, 1.82) is 0 Å². The number of nitrogens with zero attached hydrogens (tertiary/aromatic N) is 1. The average molecular weight is 594 g/mol. The van der Waals surface area contributed by atoms with Crippen molar-refractivity contribution in [3.63, 3.8) is 0 Å². The highest BCUT2D eigenvalue weighted by molar-refractivity contribution is 9.10.